The van der Waals surface area contributed by atoms with Crippen molar-refractivity contribution in [3.63, 3.8) is 0 Å². The maximum absolute atomic E-state index is 12.6. The molecule has 3 rings (SSSR count). The Labute approximate surface area is 163 Å². The number of aryl methyl sites for hydroxylation is 1. The van der Waals surface area contributed by atoms with Gasteiger partial charge in [0.15, 0.2) is 0 Å². The van der Waals surface area contributed by atoms with Gasteiger partial charge in [-0.3, -0.25) is 25.2 Å². The lowest BCUT2D eigenvalue weighted by Crippen LogP contribution is -2.40. The van der Waals surface area contributed by atoms with Crippen LogP contribution in [0.1, 0.15) is 56.7 Å². The minimum absolute atomic E-state index is 0.299. The number of rotatable bonds is 3. The maximum atomic E-state index is 12.6. The predicted octanol–water partition coefficient (Wildman–Crippen LogP) is 3.77. The predicted molar refractivity (Wildman–Crippen MR) is 104 cm³/mol. The highest BCUT2D eigenvalue weighted by atomic mass is 35.5. The third-order valence-corrected chi connectivity index (χ3v) is 6.46. The summed E-state index contributed by atoms with van der Waals surface area (Å²) in [4.78, 5) is 37.8. The molecule has 0 saturated heterocycles. The number of hydrazine groups is 1. The standard InChI is InChI=1S/C17H18ClN3O3S2/c1-9(22)20-21-16(24)14-10-5-3-2-4-6-11(10)26-17(14)19-15(23)12-7-8-13(18)25-12/h7-8H,2-6H2,1H3,(H,19,23)(H,20,22)(H,21,24). The number of nitrogens with one attached hydrogen (secondary N) is 3. The summed E-state index contributed by atoms with van der Waals surface area (Å²) in [5.41, 5.74) is 6.13. The van der Waals surface area contributed by atoms with Gasteiger partial charge >= 0.3 is 0 Å². The van der Waals surface area contributed by atoms with Crippen LogP contribution in [0.15, 0.2) is 12.1 Å². The fraction of sp³-hybridized carbons (Fsp3) is 0.353. The Morgan fingerprint density at radius 3 is 2.46 bits per heavy atom. The molecular weight excluding hydrogens is 394 g/mol. The van der Waals surface area contributed by atoms with Gasteiger partial charge in [0.05, 0.1) is 14.8 Å². The lowest BCUT2D eigenvalue weighted by Gasteiger charge is -2.09. The van der Waals surface area contributed by atoms with E-state index in [2.05, 4.69) is 16.2 Å². The molecule has 2 aromatic rings. The molecule has 1 aliphatic rings. The molecule has 0 atom stereocenters. The summed E-state index contributed by atoms with van der Waals surface area (Å²) in [5, 5.41) is 3.35. The number of carbonyl (C=O) groups excluding carboxylic acids is 3. The fourth-order valence-electron chi connectivity index (χ4n) is 2.88. The largest absolute Gasteiger partial charge is 0.312 e. The highest BCUT2D eigenvalue weighted by Gasteiger charge is 2.26. The second-order valence-electron chi connectivity index (χ2n) is 5.96. The molecule has 2 heterocycles. The molecule has 0 saturated carbocycles. The van der Waals surface area contributed by atoms with Gasteiger partial charge in [-0.25, -0.2) is 0 Å². The van der Waals surface area contributed by atoms with Crippen LogP contribution in [0.3, 0.4) is 0 Å². The van der Waals surface area contributed by atoms with Crippen molar-refractivity contribution < 1.29 is 14.4 Å². The first-order valence-electron chi connectivity index (χ1n) is 8.24. The van der Waals surface area contributed by atoms with Gasteiger partial charge in [-0.15, -0.1) is 22.7 Å². The minimum atomic E-state index is -0.417. The lowest BCUT2D eigenvalue weighted by molar-refractivity contribution is -0.119. The van der Waals surface area contributed by atoms with Crippen molar-refractivity contribution >= 4 is 57.0 Å². The Morgan fingerprint density at radius 1 is 1.00 bits per heavy atom. The summed E-state index contributed by atoms with van der Waals surface area (Å²) in [6.07, 6.45) is 4.85. The molecule has 0 bridgehead atoms. The molecular formula is C17H18ClN3O3S2. The third-order valence-electron chi connectivity index (χ3n) is 4.02. The highest BCUT2D eigenvalue weighted by Crippen LogP contribution is 2.38. The van der Waals surface area contributed by atoms with E-state index in [4.69, 9.17) is 11.6 Å². The summed E-state index contributed by atoms with van der Waals surface area (Å²) >= 11 is 8.51. The topological polar surface area (TPSA) is 87.3 Å². The van der Waals surface area contributed by atoms with Gasteiger partial charge < -0.3 is 5.32 Å². The number of amides is 3. The van der Waals surface area contributed by atoms with Gasteiger partial charge in [0.2, 0.25) is 5.91 Å². The van der Waals surface area contributed by atoms with Crippen molar-refractivity contribution in [2.24, 2.45) is 0 Å². The Kier molecular flexibility index (Phi) is 5.95. The van der Waals surface area contributed by atoms with Gasteiger partial charge in [0, 0.05) is 11.8 Å². The number of hydrogen-bond acceptors (Lipinski definition) is 5. The molecule has 6 nitrogen and oxygen atoms in total. The number of hydrogen-bond donors (Lipinski definition) is 3. The summed E-state index contributed by atoms with van der Waals surface area (Å²) in [6.45, 7) is 1.32. The smallest absolute Gasteiger partial charge is 0.272 e. The van der Waals surface area contributed by atoms with Gasteiger partial charge in [-0.1, -0.05) is 18.0 Å². The van der Waals surface area contributed by atoms with E-state index in [0.717, 1.165) is 42.5 Å². The van der Waals surface area contributed by atoms with E-state index < -0.39 is 5.91 Å². The first-order valence-corrected chi connectivity index (χ1v) is 10.2. The molecule has 0 aromatic carbocycles. The van der Waals surface area contributed by atoms with E-state index in [9.17, 15) is 14.4 Å². The number of thiophene rings is 2. The SMILES string of the molecule is CC(=O)NNC(=O)c1c(NC(=O)c2ccc(Cl)s2)sc2c1CCCCC2. The number of anilines is 1. The zero-order chi connectivity index (χ0) is 18.7. The molecule has 3 N–H and O–H groups in total. The average Bonchev–Trinajstić information content (AvgIpc) is 3.09. The first-order chi connectivity index (χ1) is 12.5. The zero-order valence-corrected chi connectivity index (χ0v) is 16.5. The van der Waals surface area contributed by atoms with Gasteiger partial charge in [0.25, 0.3) is 11.8 Å². The van der Waals surface area contributed by atoms with Crippen LogP contribution in [-0.2, 0) is 17.6 Å². The monoisotopic (exact) mass is 411 g/mol. The van der Waals surface area contributed by atoms with E-state index >= 15 is 0 Å². The van der Waals surface area contributed by atoms with E-state index in [1.165, 1.54) is 29.6 Å². The van der Waals surface area contributed by atoms with Crippen molar-refractivity contribution in [1.29, 1.82) is 0 Å². The second kappa shape index (κ2) is 8.20. The van der Waals surface area contributed by atoms with Crippen molar-refractivity contribution in [1.82, 2.24) is 10.9 Å². The molecule has 0 radical (unpaired) electrons. The van der Waals surface area contributed by atoms with E-state index in [1.54, 1.807) is 12.1 Å². The third kappa shape index (κ3) is 4.25. The van der Waals surface area contributed by atoms with Crippen molar-refractivity contribution in [3.8, 4) is 0 Å². The Bertz CT molecular complexity index is 860. The molecule has 0 aliphatic heterocycles. The van der Waals surface area contributed by atoms with E-state index in [1.807, 2.05) is 0 Å². The Balaban J connectivity index is 1.91. The molecule has 3 amide bonds. The molecule has 2 aromatic heterocycles. The summed E-state index contributed by atoms with van der Waals surface area (Å²) < 4.78 is 0.528. The average molecular weight is 412 g/mol. The van der Waals surface area contributed by atoms with Crippen LogP contribution in [0.2, 0.25) is 4.34 Å². The van der Waals surface area contributed by atoms with Crippen molar-refractivity contribution in [2.45, 2.75) is 39.0 Å². The van der Waals surface area contributed by atoms with E-state index in [-0.39, 0.29) is 11.8 Å². The molecule has 0 fully saturated rings. The van der Waals surface area contributed by atoms with Crippen LogP contribution in [-0.4, -0.2) is 17.7 Å². The fourth-order valence-corrected chi connectivity index (χ4v) is 5.10. The van der Waals surface area contributed by atoms with Crippen LogP contribution >= 0.6 is 34.3 Å². The molecule has 9 heteroatoms. The number of fused-ring (bicyclic) bond motifs is 1. The molecule has 1 aliphatic carbocycles. The van der Waals surface area contributed by atoms with Crippen LogP contribution in [0.25, 0.3) is 0 Å². The summed E-state index contributed by atoms with van der Waals surface area (Å²) in [5.74, 6) is -1.08. The van der Waals surface area contributed by atoms with Crippen LogP contribution < -0.4 is 16.2 Å². The second-order valence-corrected chi connectivity index (χ2v) is 8.78. The van der Waals surface area contributed by atoms with E-state index in [0.29, 0.717) is 19.8 Å². The highest BCUT2D eigenvalue weighted by molar-refractivity contribution is 7.18. The van der Waals surface area contributed by atoms with Gasteiger partial charge in [0.1, 0.15) is 5.00 Å². The van der Waals surface area contributed by atoms with Gasteiger partial charge in [-0.2, -0.15) is 0 Å². The minimum Gasteiger partial charge on any atom is -0.312 e. The first kappa shape index (κ1) is 18.9. The zero-order valence-electron chi connectivity index (χ0n) is 14.1. The maximum Gasteiger partial charge on any atom is 0.272 e. The van der Waals surface area contributed by atoms with Crippen LogP contribution in [0.5, 0.6) is 0 Å². The molecule has 0 unspecified atom stereocenters. The number of halogens is 1. The molecule has 26 heavy (non-hydrogen) atoms. The Hall–Kier alpha value is -1.90. The van der Waals surface area contributed by atoms with Crippen molar-refractivity contribution in [2.75, 3.05) is 5.32 Å². The van der Waals surface area contributed by atoms with Gasteiger partial charge in [-0.05, 0) is 43.4 Å². The molecule has 138 valence electrons. The molecule has 0 spiro atoms. The van der Waals surface area contributed by atoms with Crippen LogP contribution in [0, 0.1) is 0 Å². The Morgan fingerprint density at radius 2 is 1.77 bits per heavy atom. The lowest BCUT2D eigenvalue weighted by atomic mass is 10.1. The summed E-state index contributed by atoms with van der Waals surface area (Å²) in [7, 11) is 0. The quantitative estimate of drug-likeness (QED) is 0.530. The number of carbonyl (C=O) groups is 3. The van der Waals surface area contributed by atoms with Crippen LogP contribution in [0.4, 0.5) is 5.00 Å². The van der Waals surface area contributed by atoms with Crippen molar-refractivity contribution in [3.05, 3.63) is 37.4 Å². The normalized spacial score (nSPS) is 13.5. The summed E-state index contributed by atoms with van der Waals surface area (Å²) in [6, 6.07) is 3.31.